The molecular formula is C11H20. The molecule has 3 atom stereocenters. The van der Waals surface area contributed by atoms with Crippen LogP contribution >= 0.6 is 0 Å². The van der Waals surface area contributed by atoms with Crippen molar-refractivity contribution in [2.75, 3.05) is 0 Å². The first-order valence-electron chi connectivity index (χ1n) is 5.18. The van der Waals surface area contributed by atoms with Gasteiger partial charge in [-0.2, -0.15) is 0 Å². The van der Waals surface area contributed by atoms with Crippen LogP contribution in [0.1, 0.15) is 46.5 Å². The van der Waals surface area contributed by atoms with Crippen molar-refractivity contribution in [1.82, 2.24) is 0 Å². The molecule has 0 saturated heterocycles. The minimum Gasteiger partial charge on any atom is -0.0654 e. The largest absolute Gasteiger partial charge is 0.0654 e. The van der Waals surface area contributed by atoms with Gasteiger partial charge in [0.25, 0.3) is 0 Å². The van der Waals surface area contributed by atoms with Crippen LogP contribution in [-0.4, -0.2) is 0 Å². The van der Waals surface area contributed by atoms with Crippen LogP contribution < -0.4 is 0 Å². The van der Waals surface area contributed by atoms with Gasteiger partial charge in [0.1, 0.15) is 0 Å². The molecule has 0 heteroatoms. The predicted molar refractivity (Wildman–Crippen MR) is 48.4 cm³/mol. The van der Waals surface area contributed by atoms with Crippen molar-refractivity contribution >= 4 is 0 Å². The van der Waals surface area contributed by atoms with E-state index < -0.39 is 0 Å². The maximum absolute atomic E-state index is 2.50. The molecule has 2 aliphatic carbocycles. The Morgan fingerprint density at radius 1 is 1.45 bits per heavy atom. The molecule has 2 fully saturated rings. The zero-order chi connectivity index (χ0) is 8.06. The second kappa shape index (κ2) is 2.24. The van der Waals surface area contributed by atoms with Crippen LogP contribution in [0.3, 0.4) is 0 Å². The Balaban J connectivity index is 1.73. The first-order chi connectivity index (χ1) is 5.18. The van der Waals surface area contributed by atoms with E-state index in [0.717, 1.165) is 11.3 Å². The monoisotopic (exact) mass is 152 g/mol. The molecule has 64 valence electrons. The van der Waals surface area contributed by atoms with Crippen molar-refractivity contribution in [1.29, 1.82) is 0 Å². The molecule has 0 heterocycles. The van der Waals surface area contributed by atoms with Crippen LogP contribution in [0.25, 0.3) is 0 Å². The topological polar surface area (TPSA) is 0 Å². The fourth-order valence-electron chi connectivity index (χ4n) is 2.99. The molecule has 0 aliphatic heterocycles. The molecule has 2 saturated carbocycles. The Morgan fingerprint density at radius 2 is 2.09 bits per heavy atom. The summed E-state index contributed by atoms with van der Waals surface area (Å²) in [6.07, 6.45) is 5.88. The van der Waals surface area contributed by atoms with Gasteiger partial charge in [-0.05, 0) is 36.0 Å². The van der Waals surface area contributed by atoms with E-state index in [0.29, 0.717) is 0 Å². The van der Waals surface area contributed by atoms with Crippen LogP contribution in [-0.2, 0) is 0 Å². The van der Waals surface area contributed by atoms with Gasteiger partial charge in [0.2, 0.25) is 0 Å². The van der Waals surface area contributed by atoms with Gasteiger partial charge in [0.05, 0.1) is 0 Å². The SMILES string of the molecule is CCCC(C)CC1(C)C2CC21. The van der Waals surface area contributed by atoms with Gasteiger partial charge in [0, 0.05) is 0 Å². The highest BCUT2D eigenvalue weighted by atomic mass is 14.8. The fourth-order valence-corrected chi connectivity index (χ4v) is 2.99. The molecule has 0 aromatic rings. The summed E-state index contributed by atoms with van der Waals surface area (Å²) in [5, 5.41) is 0. The van der Waals surface area contributed by atoms with Gasteiger partial charge >= 0.3 is 0 Å². The van der Waals surface area contributed by atoms with Gasteiger partial charge in [0.15, 0.2) is 0 Å². The van der Waals surface area contributed by atoms with Crippen LogP contribution in [0, 0.1) is 23.2 Å². The van der Waals surface area contributed by atoms with Crippen molar-refractivity contribution < 1.29 is 0 Å². The Kier molecular flexibility index (Phi) is 1.56. The fraction of sp³-hybridized carbons (Fsp3) is 1.00. The van der Waals surface area contributed by atoms with E-state index >= 15 is 0 Å². The molecule has 0 spiro atoms. The van der Waals surface area contributed by atoms with Crippen molar-refractivity contribution in [3.8, 4) is 0 Å². The lowest BCUT2D eigenvalue weighted by atomic mass is 9.85. The standard InChI is InChI=1S/C11H20/c1-4-5-8(2)7-11(3)9-6-10(9)11/h8-10H,4-7H2,1-3H3. The summed E-state index contributed by atoms with van der Waals surface area (Å²) in [6, 6.07) is 0. The molecule has 2 rings (SSSR count). The highest BCUT2D eigenvalue weighted by Crippen LogP contribution is 2.79. The van der Waals surface area contributed by atoms with Gasteiger partial charge in [-0.3, -0.25) is 0 Å². The smallest absolute Gasteiger partial charge is 0.0261 e. The minimum atomic E-state index is 0.828. The van der Waals surface area contributed by atoms with Gasteiger partial charge in [-0.25, -0.2) is 0 Å². The van der Waals surface area contributed by atoms with Crippen LogP contribution in [0.15, 0.2) is 0 Å². The summed E-state index contributed by atoms with van der Waals surface area (Å²) < 4.78 is 0. The Hall–Kier alpha value is 0. The summed E-state index contributed by atoms with van der Waals surface area (Å²) >= 11 is 0. The normalized spacial score (nSPS) is 48.3. The lowest BCUT2D eigenvalue weighted by molar-refractivity contribution is 0.298. The maximum Gasteiger partial charge on any atom is -0.0261 e. The minimum absolute atomic E-state index is 0.828. The zero-order valence-corrected chi connectivity index (χ0v) is 8.06. The molecule has 0 amide bonds. The van der Waals surface area contributed by atoms with Crippen LogP contribution in [0.5, 0.6) is 0 Å². The van der Waals surface area contributed by atoms with E-state index in [-0.39, 0.29) is 0 Å². The van der Waals surface area contributed by atoms with E-state index in [9.17, 15) is 0 Å². The van der Waals surface area contributed by atoms with Crippen molar-refractivity contribution in [2.24, 2.45) is 23.2 Å². The quantitative estimate of drug-likeness (QED) is 0.578. The first-order valence-corrected chi connectivity index (χ1v) is 5.18. The summed E-state index contributed by atoms with van der Waals surface area (Å²) in [5.74, 6) is 3.32. The van der Waals surface area contributed by atoms with E-state index in [1.807, 2.05) is 0 Å². The molecule has 0 aromatic carbocycles. The number of rotatable bonds is 4. The number of hydrogen-bond donors (Lipinski definition) is 0. The number of fused-ring (bicyclic) bond motifs is 1. The van der Waals surface area contributed by atoms with Crippen molar-refractivity contribution in [2.45, 2.75) is 46.5 Å². The average Bonchev–Trinajstić information content (AvgIpc) is 2.74. The van der Waals surface area contributed by atoms with Crippen LogP contribution in [0.2, 0.25) is 0 Å². The second-order valence-corrected chi connectivity index (χ2v) is 5.05. The number of hydrogen-bond acceptors (Lipinski definition) is 0. The third-order valence-corrected chi connectivity index (χ3v) is 3.95. The summed E-state index contributed by atoms with van der Waals surface area (Å²) in [7, 11) is 0. The molecule has 3 unspecified atom stereocenters. The molecule has 0 aromatic heterocycles. The Labute approximate surface area is 70.4 Å². The van der Waals surface area contributed by atoms with E-state index in [2.05, 4.69) is 20.8 Å². The first kappa shape index (κ1) is 7.64. The van der Waals surface area contributed by atoms with Gasteiger partial charge < -0.3 is 0 Å². The lowest BCUT2D eigenvalue weighted by Crippen LogP contribution is -2.10. The molecule has 0 nitrogen and oxygen atoms in total. The molecule has 0 radical (unpaired) electrons. The summed E-state index contributed by atoms with van der Waals surface area (Å²) in [4.78, 5) is 0. The summed E-state index contributed by atoms with van der Waals surface area (Å²) in [6.45, 7) is 7.22. The Bertz CT molecular complexity index is 151. The lowest BCUT2D eigenvalue weighted by Gasteiger charge is -2.20. The van der Waals surface area contributed by atoms with E-state index in [1.165, 1.54) is 31.1 Å². The van der Waals surface area contributed by atoms with Gasteiger partial charge in [-0.1, -0.05) is 33.6 Å². The summed E-state index contributed by atoms with van der Waals surface area (Å²) in [5.41, 5.74) is 0.828. The second-order valence-electron chi connectivity index (χ2n) is 5.05. The van der Waals surface area contributed by atoms with E-state index in [1.54, 1.807) is 6.42 Å². The Morgan fingerprint density at radius 3 is 2.45 bits per heavy atom. The van der Waals surface area contributed by atoms with Crippen molar-refractivity contribution in [3.05, 3.63) is 0 Å². The van der Waals surface area contributed by atoms with Crippen molar-refractivity contribution in [3.63, 3.8) is 0 Å². The predicted octanol–water partition coefficient (Wildman–Crippen LogP) is 3.47. The van der Waals surface area contributed by atoms with Gasteiger partial charge in [-0.15, -0.1) is 0 Å². The molecule has 0 bridgehead atoms. The third-order valence-electron chi connectivity index (χ3n) is 3.95. The molecule has 0 N–H and O–H groups in total. The molecule has 11 heavy (non-hydrogen) atoms. The average molecular weight is 152 g/mol. The van der Waals surface area contributed by atoms with E-state index in [4.69, 9.17) is 0 Å². The third kappa shape index (κ3) is 1.11. The van der Waals surface area contributed by atoms with Crippen LogP contribution in [0.4, 0.5) is 0 Å². The maximum atomic E-state index is 2.50. The highest BCUT2D eigenvalue weighted by molar-refractivity contribution is 5.21. The highest BCUT2D eigenvalue weighted by Gasteiger charge is 2.72. The zero-order valence-electron chi connectivity index (χ0n) is 8.06. The molecule has 2 aliphatic rings. The molecular weight excluding hydrogens is 132 g/mol.